The summed E-state index contributed by atoms with van der Waals surface area (Å²) in [5.41, 5.74) is 1.87. The second kappa shape index (κ2) is 7.55. The van der Waals surface area contributed by atoms with E-state index in [0.717, 1.165) is 19.0 Å². The van der Waals surface area contributed by atoms with Crippen LogP contribution < -0.4 is 0 Å². The van der Waals surface area contributed by atoms with Crippen LogP contribution in [0.15, 0.2) is 0 Å². The third-order valence-electron chi connectivity index (χ3n) is 2.98. The topological polar surface area (TPSA) is 0 Å². The van der Waals surface area contributed by atoms with Gasteiger partial charge in [-0.2, -0.15) is 0 Å². The maximum absolute atomic E-state index is 2.47. The first-order valence-electron chi connectivity index (χ1n) is 6.28. The van der Waals surface area contributed by atoms with Gasteiger partial charge in [0.1, 0.15) is 0 Å². The van der Waals surface area contributed by atoms with Crippen molar-refractivity contribution in [2.75, 3.05) is 4.11 Å². The minimum atomic E-state index is -0.982. The Bertz CT molecular complexity index is 130. The van der Waals surface area contributed by atoms with Crippen LogP contribution in [-0.4, -0.2) is 35.6 Å². The van der Waals surface area contributed by atoms with Crippen molar-refractivity contribution in [3.8, 4) is 0 Å². The second-order valence-electron chi connectivity index (χ2n) is 5.54. The quantitative estimate of drug-likeness (QED) is 0.464. The van der Waals surface area contributed by atoms with Crippen LogP contribution in [0, 0.1) is 0 Å². The van der Waals surface area contributed by atoms with Crippen LogP contribution in [0.4, 0.5) is 0 Å². The number of hydrogen-bond acceptors (Lipinski definition) is 0. The zero-order chi connectivity index (χ0) is 12.2. The Labute approximate surface area is 106 Å². The molecule has 0 rings (SSSR count). The molecule has 92 valence electrons. The molecule has 0 amide bonds. The Morgan fingerprint density at radius 1 is 0.733 bits per heavy atom. The molecule has 0 aliphatic carbocycles. The molecule has 0 aliphatic heterocycles. The minimum absolute atomic E-state index is 0.299. The van der Waals surface area contributed by atoms with Crippen LogP contribution in [0.3, 0.4) is 0 Å². The van der Waals surface area contributed by atoms with Gasteiger partial charge < -0.3 is 0 Å². The molecule has 0 aliphatic rings. The van der Waals surface area contributed by atoms with Crippen molar-refractivity contribution in [1.29, 1.82) is 0 Å². The SMILES string of the molecule is CC(C)P([CH2][Sb]([CH](C)C)[CH](C)C)C(C)C. The third kappa shape index (κ3) is 5.93. The average Bonchev–Trinajstić information content (AvgIpc) is 2.01. The Morgan fingerprint density at radius 3 is 1.27 bits per heavy atom. The van der Waals surface area contributed by atoms with Gasteiger partial charge in [0.25, 0.3) is 0 Å². The van der Waals surface area contributed by atoms with Gasteiger partial charge in [0, 0.05) is 0 Å². The van der Waals surface area contributed by atoms with Crippen molar-refractivity contribution in [3.63, 3.8) is 0 Å². The first-order chi connectivity index (χ1) is 6.77. The van der Waals surface area contributed by atoms with E-state index in [2.05, 4.69) is 55.4 Å². The summed E-state index contributed by atoms with van der Waals surface area (Å²) in [5, 5.41) is 0. The molecular weight excluding hydrogens is 309 g/mol. The summed E-state index contributed by atoms with van der Waals surface area (Å²) in [7, 11) is 0.299. The van der Waals surface area contributed by atoms with Crippen LogP contribution in [0.2, 0.25) is 7.73 Å². The summed E-state index contributed by atoms with van der Waals surface area (Å²) < 4.78 is 3.70. The van der Waals surface area contributed by atoms with Gasteiger partial charge in [-0.25, -0.2) is 0 Å². The average molecular weight is 339 g/mol. The van der Waals surface area contributed by atoms with E-state index in [1.165, 1.54) is 0 Å². The van der Waals surface area contributed by atoms with Gasteiger partial charge in [0.15, 0.2) is 0 Å². The molecule has 0 fully saturated rings. The molecule has 0 saturated carbocycles. The predicted molar refractivity (Wildman–Crippen MR) is 78.0 cm³/mol. The summed E-state index contributed by atoms with van der Waals surface area (Å²) >= 11 is -0.982. The Morgan fingerprint density at radius 2 is 1.07 bits per heavy atom. The van der Waals surface area contributed by atoms with Crippen molar-refractivity contribution in [3.05, 3.63) is 0 Å². The van der Waals surface area contributed by atoms with Crippen LogP contribution in [0.25, 0.3) is 0 Å². The Kier molecular flexibility index (Phi) is 8.18. The molecule has 0 aromatic heterocycles. The number of rotatable bonds is 6. The van der Waals surface area contributed by atoms with Gasteiger partial charge in [0.05, 0.1) is 0 Å². The van der Waals surface area contributed by atoms with Gasteiger partial charge in [0.2, 0.25) is 0 Å². The van der Waals surface area contributed by atoms with Gasteiger partial charge in [-0.3, -0.25) is 0 Å². The first kappa shape index (κ1) is 16.2. The summed E-state index contributed by atoms with van der Waals surface area (Å²) in [6.07, 6.45) is 0. The van der Waals surface area contributed by atoms with Gasteiger partial charge >= 0.3 is 107 Å². The predicted octanol–water partition coefficient (Wildman–Crippen LogP) is 5.14. The van der Waals surface area contributed by atoms with E-state index < -0.39 is 20.2 Å². The molecule has 0 bridgehead atoms. The molecule has 0 aromatic rings. The molecule has 0 heterocycles. The van der Waals surface area contributed by atoms with Gasteiger partial charge in [-0.05, 0) is 0 Å². The molecule has 0 spiro atoms. The number of hydrogen-bond donors (Lipinski definition) is 0. The van der Waals surface area contributed by atoms with Gasteiger partial charge in [-0.1, -0.05) is 0 Å². The van der Waals surface area contributed by atoms with Crippen molar-refractivity contribution in [1.82, 2.24) is 0 Å². The molecule has 0 nitrogen and oxygen atoms in total. The van der Waals surface area contributed by atoms with E-state index >= 15 is 0 Å². The van der Waals surface area contributed by atoms with Crippen LogP contribution in [-0.2, 0) is 0 Å². The molecule has 0 saturated heterocycles. The molecule has 2 heteroatoms. The summed E-state index contributed by atoms with van der Waals surface area (Å²) in [5.74, 6) is 0. The van der Waals surface area contributed by atoms with Crippen molar-refractivity contribution < 1.29 is 0 Å². The summed E-state index contributed by atoms with van der Waals surface area (Å²) in [4.78, 5) is 0. The Balaban J connectivity index is 4.48. The zero-order valence-electron chi connectivity index (χ0n) is 11.9. The fraction of sp³-hybridized carbons (Fsp3) is 1.00. The molecule has 0 N–H and O–H groups in total. The Hall–Kier alpha value is 1.25. The zero-order valence-corrected chi connectivity index (χ0v) is 15.4. The third-order valence-corrected chi connectivity index (χ3v) is 19.5. The van der Waals surface area contributed by atoms with E-state index in [1.54, 1.807) is 4.11 Å². The van der Waals surface area contributed by atoms with E-state index in [0.29, 0.717) is 7.92 Å². The molecular formula is C13H30PSb. The molecule has 0 unspecified atom stereocenters. The first-order valence-corrected chi connectivity index (χ1v) is 12.7. The normalized spacial score (nSPS) is 13.2. The van der Waals surface area contributed by atoms with Gasteiger partial charge in [-0.15, -0.1) is 0 Å². The van der Waals surface area contributed by atoms with Crippen LogP contribution in [0.5, 0.6) is 0 Å². The fourth-order valence-electron chi connectivity index (χ4n) is 2.03. The monoisotopic (exact) mass is 338 g/mol. The van der Waals surface area contributed by atoms with E-state index in [9.17, 15) is 0 Å². The fourth-order valence-corrected chi connectivity index (χ4v) is 22.7. The van der Waals surface area contributed by atoms with E-state index in [4.69, 9.17) is 0 Å². The van der Waals surface area contributed by atoms with Crippen molar-refractivity contribution in [2.45, 2.75) is 74.4 Å². The van der Waals surface area contributed by atoms with Crippen LogP contribution in [0.1, 0.15) is 55.4 Å². The molecule has 15 heavy (non-hydrogen) atoms. The summed E-state index contributed by atoms with van der Waals surface area (Å²) in [6, 6.07) is 0. The van der Waals surface area contributed by atoms with E-state index in [-0.39, 0.29) is 0 Å². The molecule has 0 aromatic carbocycles. The van der Waals surface area contributed by atoms with Crippen molar-refractivity contribution >= 4 is 28.1 Å². The van der Waals surface area contributed by atoms with Crippen molar-refractivity contribution in [2.24, 2.45) is 0 Å². The van der Waals surface area contributed by atoms with E-state index in [1.807, 2.05) is 0 Å². The standard InChI is InChI=1S/C7H16P.2C3H7.Sb/c1-6(2)8(5)7(3)4;2*1-3-2;/h6-7H,5H2,1-4H3;2*3H,1-2H3;. The second-order valence-corrected chi connectivity index (χ2v) is 20.2. The molecule has 0 atom stereocenters. The molecule has 0 radical (unpaired) electrons. The summed E-state index contributed by atoms with van der Waals surface area (Å²) in [6.45, 7) is 19.6. The maximum atomic E-state index is 2.47. The van der Waals surface area contributed by atoms with Crippen LogP contribution >= 0.6 is 7.92 Å².